The lowest BCUT2D eigenvalue weighted by Gasteiger charge is -2.13. The first-order valence-electron chi connectivity index (χ1n) is 6.10. The van der Waals surface area contributed by atoms with Gasteiger partial charge in [0.15, 0.2) is 0 Å². The average Bonchev–Trinajstić information content (AvgIpc) is 2.53. The smallest absolute Gasteiger partial charge is 0.354 e. The SMILES string of the molecule is CNC(=O)c1cccc(F)c1N/C(=C/C(=O)OC)C(=O)OC. The fourth-order valence-electron chi connectivity index (χ4n) is 1.54. The maximum atomic E-state index is 14.0. The van der Waals surface area contributed by atoms with E-state index in [2.05, 4.69) is 20.1 Å². The Morgan fingerprint density at radius 1 is 1.18 bits per heavy atom. The monoisotopic (exact) mass is 310 g/mol. The van der Waals surface area contributed by atoms with Gasteiger partial charge in [0.05, 0.1) is 31.5 Å². The van der Waals surface area contributed by atoms with Crippen LogP contribution in [0.4, 0.5) is 10.1 Å². The Hall–Kier alpha value is -2.90. The first kappa shape index (κ1) is 17.2. The van der Waals surface area contributed by atoms with Crippen LogP contribution in [0.15, 0.2) is 30.0 Å². The van der Waals surface area contributed by atoms with E-state index < -0.39 is 23.7 Å². The molecule has 1 aromatic rings. The number of benzene rings is 1. The molecule has 1 amide bonds. The average molecular weight is 310 g/mol. The highest BCUT2D eigenvalue weighted by atomic mass is 19.1. The molecule has 0 radical (unpaired) electrons. The minimum Gasteiger partial charge on any atom is -0.466 e. The van der Waals surface area contributed by atoms with Gasteiger partial charge in [0.25, 0.3) is 5.91 Å². The number of carbonyl (C=O) groups is 3. The van der Waals surface area contributed by atoms with Gasteiger partial charge in [-0.05, 0) is 12.1 Å². The Bertz CT molecular complexity index is 628. The summed E-state index contributed by atoms with van der Waals surface area (Å²) in [5.74, 6) is -3.10. The van der Waals surface area contributed by atoms with Crippen LogP contribution < -0.4 is 10.6 Å². The Morgan fingerprint density at radius 2 is 1.86 bits per heavy atom. The topological polar surface area (TPSA) is 93.7 Å². The predicted molar refractivity (Wildman–Crippen MR) is 75.5 cm³/mol. The Kier molecular flexibility index (Phi) is 6.06. The second-order valence-electron chi connectivity index (χ2n) is 3.94. The molecule has 0 saturated carbocycles. The first-order valence-corrected chi connectivity index (χ1v) is 6.10. The molecular formula is C14H15FN2O5. The minimum atomic E-state index is -0.920. The number of esters is 2. The summed E-state index contributed by atoms with van der Waals surface area (Å²) in [6.07, 6.45) is 0.798. The lowest BCUT2D eigenvalue weighted by molar-refractivity contribution is -0.138. The summed E-state index contributed by atoms with van der Waals surface area (Å²) in [5.41, 5.74) is -0.672. The molecule has 8 heteroatoms. The van der Waals surface area contributed by atoms with Crippen molar-refractivity contribution in [2.24, 2.45) is 0 Å². The van der Waals surface area contributed by atoms with E-state index in [1.807, 2.05) is 0 Å². The van der Waals surface area contributed by atoms with Crippen LogP contribution in [-0.4, -0.2) is 39.1 Å². The van der Waals surface area contributed by atoms with Crippen molar-refractivity contribution < 1.29 is 28.2 Å². The lowest BCUT2D eigenvalue weighted by Crippen LogP contribution is -2.22. The van der Waals surface area contributed by atoms with Crippen LogP contribution in [0, 0.1) is 5.82 Å². The number of ether oxygens (including phenoxy) is 2. The van der Waals surface area contributed by atoms with Crippen molar-refractivity contribution >= 4 is 23.5 Å². The summed E-state index contributed by atoms with van der Waals surface area (Å²) in [6, 6.07) is 3.80. The second-order valence-corrected chi connectivity index (χ2v) is 3.94. The van der Waals surface area contributed by atoms with E-state index in [0.29, 0.717) is 0 Å². The number of anilines is 1. The van der Waals surface area contributed by atoms with Gasteiger partial charge in [-0.25, -0.2) is 14.0 Å². The fourth-order valence-corrected chi connectivity index (χ4v) is 1.54. The van der Waals surface area contributed by atoms with E-state index in [0.717, 1.165) is 26.4 Å². The highest BCUT2D eigenvalue weighted by Gasteiger charge is 2.19. The van der Waals surface area contributed by atoms with E-state index in [-0.39, 0.29) is 16.9 Å². The molecule has 0 aromatic heterocycles. The van der Waals surface area contributed by atoms with Crippen LogP contribution in [0.1, 0.15) is 10.4 Å². The Morgan fingerprint density at radius 3 is 2.41 bits per heavy atom. The largest absolute Gasteiger partial charge is 0.466 e. The van der Waals surface area contributed by atoms with Gasteiger partial charge in [-0.15, -0.1) is 0 Å². The van der Waals surface area contributed by atoms with Crippen molar-refractivity contribution in [2.45, 2.75) is 0 Å². The zero-order valence-electron chi connectivity index (χ0n) is 12.2. The van der Waals surface area contributed by atoms with Crippen LogP contribution in [0.25, 0.3) is 0 Å². The molecule has 0 atom stereocenters. The van der Waals surface area contributed by atoms with Gasteiger partial charge in [0.1, 0.15) is 11.5 Å². The van der Waals surface area contributed by atoms with Crippen molar-refractivity contribution in [1.29, 1.82) is 0 Å². The van der Waals surface area contributed by atoms with Crippen LogP contribution in [0.3, 0.4) is 0 Å². The highest BCUT2D eigenvalue weighted by molar-refractivity contribution is 6.03. The lowest BCUT2D eigenvalue weighted by atomic mass is 10.1. The molecule has 0 bridgehead atoms. The molecule has 0 unspecified atom stereocenters. The Labute approximate surface area is 126 Å². The van der Waals surface area contributed by atoms with E-state index >= 15 is 0 Å². The van der Waals surface area contributed by atoms with Crippen molar-refractivity contribution in [2.75, 3.05) is 26.6 Å². The number of nitrogens with one attached hydrogen (secondary N) is 2. The molecule has 2 N–H and O–H groups in total. The minimum absolute atomic E-state index is 0.0397. The summed E-state index contributed by atoms with van der Waals surface area (Å²) in [5, 5.41) is 4.74. The van der Waals surface area contributed by atoms with Crippen LogP contribution in [-0.2, 0) is 19.1 Å². The zero-order valence-corrected chi connectivity index (χ0v) is 12.2. The van der Waals surface area contributed by atoms with Crippen LogP contribution >= 0.6 is 0 Å². The quantitative estimate of drug-likeness (QED) is 0.618. The summed E-state index contributed by atoms with van der Waals surface area (Å²) in [7, 11) is 3.59. The maximum Gasteiger partial charge on any atom is 0.354 e. The second kappa shape index (κ2) is 7.77. The normalized spacial score (nSPS) is 10.6. The standard InChI is InChI=1S/C14H15FN2O5/c1-16-13(19)8-5-4-6-9(15)12(8)17-10(14(20)22-3)7-11(18)21-2/h4-7,17H,1-3H3,(H,16,19)/b10-7+. The van der Waals surface area contributed by atoms with Crippen molar-refractivity contribution in [1.82, 2.24) is 5.32 Å². The molecule has 22 heavy (non-hydrogen) atoms. The summed E-state index contributed by atoms with van der Waals surface area (Å²) in [4.78, 5) is 34.7. The van der Waals surface area contributed by atoms with E-state index in [4.69, 9.17) is 0 Å². The van der Waals surface area contributed by atoms with Crippen molar-refractivity contribution in [3.05, 3.63) is 41.4 Å². The first-order chi connectivity index (χ1) is 10.4. The van der Waals surface area contributed by atoms with Gasteiger partial charge in [0, 0.05) is 7.05 Å². The number of para-hydroxylation sites is 1. The van der Waals surface area contributed by atoms with Crippen LogP contribution in [0.5, 0.6) is 0 Å². The molecule has 0 aliphatic rings. The zero-order chi connectivity index (χ0) is 16.7. The fraction of sp³-hybridized carbons (Fsp3) is 0.214. The Balaban J connectivity index is 3.29. The third-order valence-corrected chi connectivity index (χ3v) is 2.61. The number of carbonyl (C=O) groups excluding carboxylic acids is 3. The molecule has 1 rings (SSSR count). The van der Waals surface area contributed by atoms with E-state index in [9.17, 15) is 18.8 Å². The van der Waals surface area contributed by atoms with Gasteiger partial charge in [-0.3, -0.25) is 4.79 Å². The molecule has 0 aliphatic heterocycles. The molecule has 118 valence electrons. The van der Waals surface area contributed by atoms with Crippen molar-refractivity contribution in [3.63, 3.8) is 0 Å². The highest BCUT2D eigenvalue weighted by Crippen LogP contribution is 2.22. The van der Waals surface area contributed by atoms with Gasteiger partial charge in [0.2, 0.25) is 0 Å². The number of methoxy groups -OCH3 is 2. The summed E-state index contributed by atoms with van der Waals surface area (Å²) < 4.78 is 22.9. The number of halogens is 1. The van der Waals surface area contributed by atoms with Crippen LogP contribution in [0.2, 0.25) is 0 Å². The third-order valence-electron chi connectivity index (χ3n) is 2.61. The molecule has 0 spiro atoms. The molecule has 0 aliphatic carbocycles. The van der Waals surface area contributed by atoms with E-state index in [1.54, 1.807) is 0 Å². The molecule has 0 heterocycles. The number of amides is 1. The maximum absolute atomic E-state index is 14.0. The number of hydrogen-bond acceptors (Lipinski definition) is 6. The van der Waals surface area contributed by atoms with Gasteiger partial charge in [-0.2, -0.15) is 0 Å². The molecule has 1 aromatic carbocycles. The molecule has 0 fully saturated rings. The summed E-state index contributed by atoms with van der Waals surface area (Å²) >= 11 is 0. The van der Waals surface area contributed by atoms with Gasteiger partial charge < -0.3 is 20.1 Å². The predicted octanol–water partition coefficient (Wildman–Crippen LogP) is 0.827. The molecule has 0 saturated heterocycles. The van der Waals surface area contributed by atoms with Gasteiger partial charge in [-0.1, -0.05) is 6.07 Å². The molecular weight excluding hydrogens is 295 g/mol. The summed E-state index contributed by atoms with van der Waals surface area (Å²) in [6.45, 7) is 0. The van der Waals surface area contributed by atoms with Crippen molar-refractivity contribution in [3.8, 4) is 0 Å². The van der Waals surface area contributed by atoms with E-state index in [1.165, 1.54) is 19.2 Å². The van der Waals surface area contributed by atoms with Gasteiger partial charge >= 0.3 is 11.9 Å². The number of hydrogen-bond donors (Lipinski definition) is 2. The molecule has 7 nitrogen and oxygen atoms in total. The third kappa shape index (κ3) is 4.05. The number of rotatable bonds is 5.